The zero-order valence-electron chi connectivity index (χ0n) is 10.2. The minimum Gasteiger partial charge on any atom is -0.349 e. The number of aryl methyl sites for hydroxylation is 2. The fourth-order valence-electron chi connectivity index (χ4n) is 1.53. The van der Waals surface area contributed by atoms with Crippen LogP contribution in [-0.2, 0) is 34.2 Å². The van der Waals surface area contributed by atoms with E-state index in [9.17, 15) is 4.79 Å². The number of ketones is 1. The van der Waals surface area contributed by atoms with E-state index in [0.717, 1.165) is 17.8 Å². The monoisotopic (exact) mass is 226 g/mol. The normalized spacial score (nSPS) is 11.1. The second-order valence-corrected chi connectivity index (χ2v) is 3.55. The van der Waals surface area contributed by atoms with Crippen molar-refractivity contribution in [2.45, 2.75) is 26.1 Å². The third-order valence-electron chi connectivity index (χ3n) is 2.44. The number of hydrogen-bond acceptors (Lipinski definition) is 4. The molecule has 5 heteroatoms. The number of aromatic nitrogens is 2. The highest BCUT2D eigenvalue weighted by Gasteiger charge is 2.18. The molecule has 0 aromatic carbocycles. The van der Waals surface area contributed by atoms with Gasteiger partial charge in [0.2, 0.25) is 6.29 Å². The van der Waals surface area contributed by atoms with Crippen molar-refractivity contribution >= 4 is 5.78 Å². The lowest BCUT2D eigenvalue weighted by molar-refractivity contribution is -0.156. The highest BCUT2D eigenvalue weighted by Crippen LogP contribution is 2.07. The summed E-state index contributed by atoms with van der Waals surface area (Å²) < 4.78 is 11.5. The Morgan fingerprint density at radius 3 is 2.56 bits per heavy atom. The lowest BCUT2D eigenvalue weighted by Gasteiger charge is -2.11. The Morgan fingerprint density at radius 1 is 1.50 bits per heavy atom. The molecule has 16 heavy (non-hydrogen) atoms. The number of methoxy groups -OCH3 is 2. The average Bonchev–Trinajstić information content (AvgIpc) is 2.61. The maximum Gasteiger partial charge on any atom is 0.217 e. The summed E-state index contributed by atoms with van der Waals surface area (Å²) >= 11 is 0. The topological polar surface area (TPSA) is 53.4 Å². The van der Waals surface area contributed by atoms with Gasteiger partial charge in [0.05, 0.1) is 12.1 Å². The van der Waals surface area contributed by atoms with Gasteiger partial charge < -0.3 is 9.47 Å². The van der Waals surface area contributed by atoms with Gasteiger partial charge >= 0.3 is 0 Å². The highest BCUT2D eigenvalue weighted by atomic mass is 16.7. The van der Waals surface area contributed by atoms with Gasteiger partial charge in [0.15, 0.2) is 5.78 Å². The Labute approximate surface area is 95.3 Å². The zero-order valence-corrected chi connectivity index (χ0v) is 10.2. The summed E-state index contributed by atoms with van der Waals surface area (Å²) in [4.78, 5) is 11.7. The fourth-order valence-corrected chi connectivity index (χ4v) is 1.53. The summed E-state index contributed by atoms with van der Waals surface area (Å²) in [6.45, 7) is 2.03. The summed E-state index contributed by atoms with van der Waals surface area (Å²) in [6.07, 6.45) is 0.343. The minimum atomic E-state index is -0.792. The van der Waals surface area contributed by atoms with Crippen LogP contribution in [0.2, 0.25) is 0 Å². The fraction of sp³-hybridized carbons (Fsp3) is 0.636. The molecule has 0 atom stereocenters. The first-order valence-electron chi connectivity index (χ1n) is 5.22. The Bertz CT molecular complexity index is 356. The van der Waals surface area contributed by atoms with Crippen LogP contribution in [-0.4, -0.2) is 36.1 Å². The van der Waals surface area contributed by atoms with Crippen LogP contribution in [0.4, 0.5) is 0 Å². The number of nitrogens with zero attached hydrogens (tertiary/aromatic N) is 2. The SMILES string of the molecule is CCc1cc(CC(=O)C(OC)OC)n(C)n1. The van der Waals surface area contributed by atoms with Crippen LogP contribution in [0.5, 0.6) is 0 Å². The lowest BCUT2D eigenvalue weighted by Crippen LogP contribution is -2.27. The molecule has 1 rings (SSSR count). The molecule has 90 valence electrons. The third kappa shape index (κ3) is 2.90. The molecule has 0 unspecified atom stereocenters. The number of carbonyl (C=O) groups excluding carboxylic acids is 1. The summed E-state index contributed by atoms with van der Waals surface area (Å²) in [5, 5.41) is 4.28. The van der Waals surface area contributed by atoms with Gasteiger partial charge in [-0.1, -0.05) is 6.92 Å². The first kappa shape index (κ1) is 12.9. The first-order valence-corrected chi connectivity index (χ1v) is 5.22. The Kier molecular flexibility index (Phi) is 4.64. The van der Waals surface area contributed by atoms with E-state index in [2.05, 4.69) is 5.10 Å². The van der Waals surface area contributed by atoms with Gasteiger partial charge in [0.1, 0.15) is 0 Å². The van der Waals surface area contributed by atoms with Gasteiger partial charge in [-0.2, -0.15) is 5.10 Å². The predicted molar refractivity (Wildman–Crippen MR) is 59.1 cm³/mol. The molecule has 5 nitrogen and oxygen atoms in total. The van der Waals surface area contributed by atoms with Crippen molar-refractivity contribution in [1.29, 1.82) is 0 Å². The second-order valence-electron chi connectivity index (χ2n) is 3.55. The number of hydrogen-bond donors (Lipinski definition) is 0. The number of rotatable bonds is 6. The van der Waals surface area contributed by atoms with Crippen molar-refractivity contribution in [3.8, 4) is 0 Å². The summed E-state index contributed by atoms with van der Waals surface area (Å²) in [6, 6.07) is 1.93. The maximum absolute atomic E-state index is 11.7. The summed E-state index contributed by atoms with van der Waals surface area (Å²) in [7, 11) is 4.73. The lowest BCUT2D eigenvalue weighted by atomic mass is 10.2. The molecular weight excluding hydrogens is 208 g/mol. The molecule has 0 aliphatic rings. The third-order valence-corrected chi connectivity index (χ3v) is 2.44. The van der Waals surface area contributed by atoms with Crippen LogP contribution >= 0.6 is 0 Å². The van der Waals surface area contributed by atoms with Crippen LogP contribution in [0.3, 0.4) is 0 Å². The van der Waals surface area contributed by atoms with Crippen molar-refractivity contribution in [3.63, 3.8) is 0 Å². The Morgan fingerprint density at radius 2 is 2.12 bits per heavy atom. The highest BCUT2D eigenvalue weighted by molar-refractivity contribution is 5.83. The zero-order chi connectivity index (χ0) is 12.1. The molecule has 0 amide bonds. The molecule has 0 saturated heterocycles. The van der Waals surface area contributed by atoms with Crippen LogP contribution in [0.15, 0.2) is 6.07 Å². The van der Waals surface area contributed by atoms with Crippen molar-refractivity contribution in [1.82, 2.24) is 9.78 Å². The van der Waals surface area contributed by atoms with E-state index >= 15 is 0 Å². The van der Waals surface area contributed by atoms with E-state index in [1.807, 2.05) is 20.0 Å². The Hall–Kier alpha value is -1.20. The van der Waals surface area contributed by atoms with Crippen LogP contribution in [0, 0.1) is 0 Å². The molecule has 1 aromatic heterocycles. The van der Waals surface area contributed by atoms with Gasteiger partial charge in [-0.15, -0.1) is 0 Å². The van der Waals surface area contributed by atoms with Crippen molar-refractivity contribution in [2.75, 3.05) is 14.2 Å². The van der Waals surface area contributed by atoms with Crippen LogP contribution < -0.4 is 0 Å². The van der Waals surface area contributed by atoms with Crippen molar-refractivity contribution in [2.24, 2.45) is 7.05 Å². The van der Waals surface area contributed by atoms with Crippen molar-refractivity contribution in [3.05, 3.63) is 17.5 Å². The molecule has 1 heterocycles. The van der Waals surface area contributed by atoms with Gasteiger partial charge in [-0.25, -0.2) is 0 Å². The molecule has 0 radical (unpaired) electrons. The standard InChI is InChI=1S/C11H18N2O3/c1-5-8-6-9(13(2)12-8)7-10(14)11(15-3)16-4/h6,11H,5,7H2,1-4H3. The molecular formula is C11H18N2O3. The minimum absolute atomic E-state index is 0.101. The van der Waals surface area contributed by atoms with E-state index in [4.69, 9.17) is 9.47 Å². The van der Waals surface area contributed by atoms with Crippen LogP contribution in [0.25, 0.3) is 0 Å². The Balaban J connectivity index is 2.72. The molecule has 0 fully saturated rings. The molecule has 1 aromatic rings. The van der Waals surface area contributed by atoms with E-state index in [0.29, 0.717) is 0 Å². The van der Waals surface area contributed by atoms with Gasteiger partial charge in [0.25, 0.3) is 0 Å². The van der Waals surface area contributed by atoms with Gasteiger partial charge in [-0.05, 0) is 12.5 Å². The predicted octanol–water partition coefficient (Wildman–Crippen LogP) is 0.713. The molecule has 0 aliphatic heterocycles. The van der Waals surface area contributed by atoms with E-state index in [-0.39, 0.29) is 12.2 Å². The molecule has 0 saturated carbocycles. The van der Waals surface area contributed by atoms with E-state index in [1.54, 1.807) is 4.68 Å². The largest absolute Gasteiger partial charge is 0.349 e. The average molecular weight is 226 g/mol. The van der Waals surface area contributed by atoms with Gasteiger partial charge in [0, 0.05) is 27.0 Å². The number of ether oxygens (including phenoxy) is 2. The number of Topliss-reactive ketones (excluding diaryl/α,β-unsaturated/α-hetero) is 1. The second kappa shape index (κ2) is 5.77. The summed E-state index contributed by atoms with van der Waals surface area (Å²) in [5.74, 6) is -0.101. The molecule has 0 spiro atoms. The number of carbonyl (C=O) groups is 1. The molecule has 0 N–H and O–H groups in total. The van der Waals surface area contributed by atoms with Crippen molar-refractivity contribution < 1.29 is 14.3 Å². The summed E-state index contributed by atoms with van der Waals surface area (Å²) in [5.41, 5.74) is 1.86. The molecule has 0 bridgehead atoms. The van der Waals surface area contributed by atoms with E-state index in [1.165, 1.54) is 14.2 Å². The first-order chi connectivity index (χ1) is 7.62. The van der Waals surface area contributed by atoms with Crippen LogP contribution in [0.1, 0.15) is 18.3 Å². The maximum atomic E-state index is 11.7. The molecule has 0 aliphatic carbocycles. The smallest absolute Gasteiger partial charge is 0.217 e. The quantitative estimate of drug-likeness (QED) is 0.670. The van der Waals surface area contributed by atoms with E-state index < -0.39 is 6.29 Å². The van der Waals surface area contributed by atoms with Gasteiger partial charge in [-0.3, -0.25) is 9.48 Å².